The zero-order valence-corrected chi connectivity index (χ0v) is 10.4. The molecule has 0 aromatic heterocycles. The van der Waals surface area contributed by atoms with Crippen LogP contribution in [0.1, 0.15) is 62.0 Å². The molecule has 4 atom stereocenters. The quantitative estimate of drug-likeness (QED) is 0.595. The molecule has 0 heteroatoms. The first-order valence-electron chi connectivity index (χ1n) is 7.82. The second kappa shape index (κ2) is 3.25. The van der Waals surface area contributed by atoms with Crippen LogP contribution >= 0.6 is 0 Å². The molecular formula is C15H26. The summed E-state index contributed by atoms with van der Waals surface area (Å²) < 4.78 is 17.3. The molecule has 5 rings (SSSR count). The minimum atomic E-state index is -0.986. The van der Waals surface area contributed by atoms with Gasteiger partial charge in [0.05, 0.1) is 0 Å². The summed E-state index contributed by atoms with van der Waals surface area (Å²) in [6, 6.07) is 0. The summed E-state index contributed by atoms with van der Waals surface area (Å²) in [6.07, 6.45) is 5.84. The molecule has 5 aliphatic rings. The van der Waals surface area contributed by atoms with Crippen molar-refractivity contribution < 1.29 is 2.74 Å². The molecule has 0 aliphatic heterocycles. The summed E-state index contributed by atoms with van der Waals surface area (Å²) in [7, 11) is 0. The van der Waals surface area contributed by atoms with Gasteiger partial charge in [0.2, 0.25) is 0 Å². The highest BCUT2D eigenvalue weighted by atomic mass is 14.6. The first kappa shape index (κ1) is 8.14. The molecule has 0 spiro atoms. The average molecular weight is 208 g/mol. The standard InChI is InChI=1S/C15H26/c1-15(2,3)9-14-12-6-4-10-8-11(12)5-7-13(10)14/h10-14H,4-9H2,1-3H3/i9D2. The molecule has 0 N–H and O–H groups in total. The van der Waals surface area contributed by atoms with Crippen molar-refractivity contribution in [3.05, 3.63) is 0 Å². The number of hydrogen-bond acceptors (Lipinski definition) is 0. The number of fused-ring (bicyclic) bond motifs is 2. The Bertz CT molecular complexity index is 297. The summed E-state index contributed by atoms with van der Waals surface area (Å²) in [4.78, 5) is 0. The predicted molar refractivity (Wildman–Crippen MR) is 64.6 cm³/mol. The van der Waals surface area contributed by atoms with Gasteiger partial charge in [0, 0.05) is 2.74 Å². The third-order valence-electron chi connectivity index (χ3n) is 5.08. The van der Waals surface area contributed by atoms with Crippen LogP contribution in [0.15, 0.2) is 0 Å². The molecule has 0 radical (unpaired) electrons. The van der Waals surface area contributed by atoms with E-state index in [1.165, 1.54) is 32.1 Å². The van der Waals surface area contributed by atoms with Gasteiger partial charge in [-0.1, -0.05) is 20.8 Å². The Kier molecular flexibility index (Phi) is 1.76. The Balaban J connectivity index is 1.94. The van der Waals surface area contributed by atoms with Gasteiger partial charge in [0.15, 0.2) is 0 Å². The lowest BCUT2D eigenvalue weighted by atomic mass is 9.47. The fraction of sp³-hybridized carbons (Fsp3) is 1.00. The lowest BCUT2D eigenvalue weighted by Gasteiger charge is -2.58. The van der Waals surface area contributed by atoms with E-state index < -0.39 is 6.37 Å². The van der Waals surface area contributed by atoms with Crippen LogP contribution in [0, 0.1) is 35.0 Å². The Hall–Kier alpha value is 0. The molecule has 4 bridgehead atoms. The van der Waals surface area contributed by atoms with Gasteiger partial charge >= 0.3 is 0 Å². The Morgan fingerprint density at radius 3 is 2.00 bits per heavy atom. The van der Waals surface area contributed by atoms with Crippen LogP contribution in [0.4, 0.5) is 0 Å². The van der Waals surface area contributed by atoms with Crippen LogP contribution in [0.2, 0.25) is 0 Å². The zero-order valence-electron chi connectivity index (χ0n) is 12.4. The van der Waals surface area contributed by atoms with E-state index in [-0.39, 0.29) is 5.41 Å². The van der Waals surface area contributed by atoms with Crippen LogP contribution < -0.4 is 0 Å². The smallest absolute Gasteiger partial charge is 0.0275 e. The predicted octanol–water partition coefficient (Wildman–Crippen LogP) is 4.49. The number of rotatable bonds is 1. The van der Waals surface area contributed by atoms with Gasteiger partial charge in [-0.15, -0.1) is 0 Å². The highest BCUT2D eigenvalue weighted by molar-refractivity contribution is 5.01. The van der Waals surface area contributed by atoms with Gasteiger partial charge < -0.3 is 0 Å². The van der Waals surface area contributed by atoms with Crippen molar-refractivity contribution >= 4 is 0 Å². The molecule has 0 saturated heterocycles. The number of hydrogen-bond donors (Lipinski definition) is 0. The SMILES string of the molecule is [2H]C([2H])(C1C2CCC3CC2CCC31)C(C)(C)C. The maximum absolute atomic E-state index is 8.65. The summed E-state index contributed by atoms with van der Waals surface area (Å²) in [6.45, 7) is 6.26. The third-order valence-corrected chi connectivity index (χ3v) is 5.08. The summed E-state index contributed by atoms with van der Waals surface area (Å²) >= 11 is 0. The molecular weight excluding hydrogens is 180 g/mol. The molecule has 4 unspecified atom stereocenters. The van der Waals surface area contributed by atoms with Gasteiger partial charge in [0.25, 0.3) is 0 Å². The summed E-state index contributed by atoms with van der Waals surface area (Å²) in [5.41, 5.74) is -0.213. The van der Waals surface area contributed by atoms with E-state index in [0.717, 1.165) is 11.8 Å². The molecule has 86 valence electrons. The second-order valence-corrected chi connectivity index (χ2v) is 7.16. The van der Waals surface area contributed by atoms with Crippen molar-refractivity contribution in [2.24, 2.45) is 35.0 Å². The first-order chi connectivity index (χ1) is 7.82. The molecule has 15 heavy (non-hydrogen) atoms. The van der Waals surface area contributed by atoms with Crippen molar-refractivity contribution in [1.82, 2.24) is 0 Å². The van der Waals surface area contributed by atoms with Crippen LogP contribution in [0.3, 0.4) is 0 Å². The van der Waals surface area contributed by atoms with E-state index >= 15 is 0 Å². The van der Waals surface area contributed by atoms with Crippen LogP contribution in [0.5, 0.6) is 0 Å². The largest absolute Gasteiger partial charge is 0.0602 e. The molecule has 0 amide bonds. The van der Waals surface area contributed by atoms with Gasteiger partial charge in [-0.3, -0.25) is 0 Å². The van der Waals surface area contributed by atoms with Crippen molar-refractivity contribution in [2.75, 3.05) is 0 Å². The molecule has 0 heterocycles. The Morgan fingerprint density at radius 1 is 1.00 bits per heavy atom. The maximum Gasteiger partial charge on any atom is 0.0275 e. The highest BCUT2D eigenvalue weighted by Crippen LogP contribution is 2.60. The van der Waals surface area contributed by atoms with E-state index in [0.29, 0.717) is 17.8 Å². The van der Waals surface area contributed by atoms with Crippen LogP contribution in [-0.2, 0) is 0 Å². The minimum absolute atomic E-state index is 0.213. The van der Waals surface area contributed by atoms with Gasteiger partial charge in [0.1, 0.15) is 0 Å². The molecule has 5 fully saturated rings. The molecule has 5 saturated carbocycles. The van der Waals surface area contributed by atoms with Crippen LogP contribution in [0.25, 0.3) is 0 Å². The molecule has 0 aromatic rings. The fourth-order valence-corrected chi connectivity index (χ4v) is 4.66. The van der Waals surface area contributed by atoms with E-state index in [9.17, 15) is 0 Å². The highest BCUT2D eigenvalue weighted by Gasteiger charge is 2.51. The van der Waals surface area contributed by atoms with E-state index in [4.69, 9.17) is 2.74 Å². The normalized spacial score (nSPS) is 51.5. The molecule has 0 nitrogen and oxygen atoms in total. The van der Waals surface area contributed by atoms with Crippen molar-refractivity contribution in [1.29, 1.82) is 0 Å². The van der Waals surface area contributed by atoms with Crippen molar-refractivity contribution in [2.45, 2.75) is 59.2 Å². The summed E-state index contributed by atoms with van der Waals surface area (Å²) in [5.74, 6) is 3.48. The minimum Gasteiger partial charge on any atom is -0.0602 e. The van der Waals surface area contributed by atoms with Gasteiger partial charge in [-0.2, -0.15) is 0 Å². The van der Waals surface area contributed by atoms with Crippen molar-refractivity contribution in [3.8, 4) is 0 Å². The zero-order chi connectivity index (χ0) is 12.4. The fourth-order valence-electron chi connectivity index (χ4n) is 4.66. The molecule has 0 aromatic carbocycles. The second-order valence-electron chi connectivity index (χ2n) is 7.16. The lowest BCUT2D eigenvalue weighted by Crippen LogP contribution is -2.50. The maximum atomic E-state index is 8.65. The van der Waals surface area contributed by atoms with E-state index in [1.54, 1.807) is 0 Å². The van der Waals surface area contributed by atoms with Gasteiger partial charge in [-0.05, 0) is 73.5 Å². The Morgan fingerprint density at radius 2 is 1.53 bits per heavy atom. The van der Waals surface area contributed by atoms with Crippen LogP contribution in [-0.4, -0.2) is 0 Å². The third kappa shape index (κ3) is 1.65. The molecule has 5 aliphatic carbocycles. The topological polar surface area (TPSA) is 0 Å². The van der Waals surface area contributed by atoms with E-state index in [1.807, 2.05) is 0 Å². The monoisotopic (exact) mass is 208 g/mol. The first-order valence-corrected chi connectivity index (χ1v) is 6.82. The van der Waals surface area contributed by atoms with Crippen molar-refractivity contribution in [3.63, 3.8) is 0 Å². The summed E-state index contributed by atoms with van der Waals surface area (Å²) in [5, 5.41) is 0. The van der Waals surface area contributed by atoms with Gasteiger partial charge in [-0.25, -0.2) is 0 Å². The Labute approximate surface area is 97.6 Å². The average Bonchev–Trinajstić information content (AvgIpc) is 2.27. The lowest BCUT2D eigenvalue weighted by molar-refractivity contribution is -0.0884. The van der Waals surface area contributed by atoms with E-state index in [2.05, 4.69) is 20.8 Å².